The van der Waals surface area contributed by atoms with E-state index in [9.17, 15) is 4.79 Å². The van der Waals surface area contributed by atoms with Crippen LogP contribution in [-0.4, -0.2) is 68.6 Å². The summed E-state index contributed by atoms with van der Waals surface area (Å²) in [7, 11) is 2.28. The fraction of sp³-hybridized carbons (Fsp3) is 0.944. The van der Waals surface area contributed by atoms with E-state index in [2.05, 4.69) is 28.1 Å². The van der Waals surface area contributed by atoms with Gasteiger partial charge in [-0.25, -0.2) is 0 Å². The molecule has 1 amide bonds. The van der Waals surface area contributed by atoms with Crippen LogP contribution in [0.5, 0.6) is 0 Å². The van der Waals surface area contributed by atoms with Gasteiger partial charge in [0.05, 0.1) is 26.3 Å². The monoisotopic (exact) mass is 368 g/mol. The lowest BCUT2D eigenvalue weighted by molar-refractivity contribution is -0.896. The van der Waals surface area contributed by atoms with Crippen LogP contribution in [0.1, 0.15) is 38.5 Å². The van der Waals surface area contributed by atoms with Crippen LogP contribution < -0.4 is 26.7 Å². The number of nitrogens with zero attached hydrogens (tertiary/aromatic N) is 1. The Labute approximate surface area is 156 Å². The molecule has 0 bridgehead atoms. The molecule has 26 heavy (non-hydrogen) atoms. The van der Waals surface area contributed by atoms with Crippen LogP contribution in [0.4, 0.5) is 0 Å². The first-order valence-corrected chi connectivity index (χ1v) is 10.5. The molecular formula is C18H36N6O2+2. The predicted molar refractivity (Wildman–Crippen MR) is 96.5 cm³/mol. The fourth-order valence-corrected chi connectivity index (χ4v) is 5.41. The molecule has 8 heteroatoms. The van der Waals surface area contributed by atoms with E-state index >= 15 is 0 Å². The summed E-state index contributed by atoms with van der Waals surface area (Å²) in [6, 6.07) is 0.561. The lowest BCUT2D eigenvalue weighted by atomic mass is 9.90. The van der Waals surface area contributed by atoms with Crippen LogP contribution in [0, 0.1) is 11.8 Å². The number of likely N-dealkylation sites (tertiary alicyclic amines) is 2. The summed E-state index contributed by atoms with van der Waals surface area (Å²) < 4.78 is 0. The third-order valence-electron chi connectivity index (χ3n) is 7.14. The van der Waals surface area contributed by atoms with E-state index in [0.717, 1.165) is 38.9 Å². The van der Waals surface area contributed by atoms with E-state index in [-0.39, 0.29) is 24.2 Å². The zero-order chi connectivity index (χ0) is 18.1. The number of primary amides is 1. The summed E-state index contributed by atoms with van der Waals surface area (Å²) in [5.41, 5.74) is 8.77. The molecule has 0 radical (unpaired) electrons. The second kappa shape index (κ2) is 8.08. The number of hydrogen-bond donors (Lipinski definition) is 5. The largest absolute Gasteiger partial charge is 0.369 e. The lowest BCUT2D eigenvalue weighted by Gasteiger charge is -2.39. The Kier molecular flexibility index (Phi) is 5.78. The number of rotatable bonds is 4. The number of carbonyl (C=O) groups is 1. The van der Waals surface area contributed by atoms with Crippen molar-refractivity contribution in [1.29, 1.82) is 0 Å². The number of piperidine rings is 2. The van der Waals surface area contributed by atoms with E-state index in [4.69, 9.17) is 10.6 Å². The molecule has 8 nitrogen and oxygen atoms in total. The number of carbonyl (C=O) groups excluding carboxylic acids is 1. The van der Waals surface area contributed by atoms with E-state index in [1.54, 1.807) is 4.90 Å². The molecule has 0 saturated carbocycles. The molecule has 4 heterocycles. The van der Waals surface area contributed by atoms with Crippen molar-refractivity contribution in [3.05, 3.63) is 0 Å². The molecule has 0 spiro atoms. The smallest absolute Gasteiger partial charge is 0.220 e. The topological polar surface area (TPSA) is 101 Å². The SMILES string of the molecule is C[NH+]1CCC[C@H]1C1NC(C2CC[NH2+]C(N3CCC(C(N)=O)CC3)C2)NO1. The molecule has 0 aromatic carbocycles. The molecule has 4 rings (SSSR count). The molecule has 0 aliphatic carbocycles. The summed E-state index contributed by atoms with van der Waals surface area (Å²) in [4.78, 5) is 21.5. The highest BCUT2D eigenvalue weighted by Crippen LogP contribution is 2.24. The van der Waals surface area contributed by atoms with Gasteiger partial charge >= 0.3 is 0 Å². The number of likely N-dealkylation sites (N-methyl/N-ethyl adjacent to an activating group) is 1. The van der Waals surface area contributed by atoms with Crippen LogP contribution in [0.2, 0.25) is 0 Å². The van der Waals surface area contributed by atoms with Crippen LogP contribution in [0.15, 0.2) is 0 Å². The average Bonchev–Trinajstić information content (AvgIpc) is 3.30. The summed E-state index contributed by atoms with van der Waals surface area (Å²) in [6.07, 6.45) is 7.64. The maximum Gasteiger partial charge on any atom is 0.220 e. The van der Waals surface area contributed by atoms with Gasteiger partial charge in [-0.05, 0) is 12.8 Å². The molecule has 0 aromatic rings. The average molecular weight is 369 g/mol. The zero-order valence-electron chi connectivity index (χ0n) is 16.0. The zero-order valence-corrected chi connectivity index (χ0v) is 16.0. The van der Waals surface area contributed by atoms with Crippen molar-refractivity contribution < 1.29 is 19.8 Å². The first-order valence-electron chi connectivity index (χ1n) is 10.5. The fourth-order valence-electron chi connectivity index (χ4n) is 5.41. The molecule has 0 aromatic heterocycles. The Morgan fingerprint density at radius 3 is 2.77 bits per heavy atom. The molecule has 4 aliphatic heterocycles. The molecule has 4 aliphatic rings. The van der Waals surface area contributed by atoms with Gasteiger partial charge in [-0.1, -0.05) is 0 Å². The number of nitrogens with one attached hydrogen (secondary N) is 3. The normalized spacial score (nSPS) is 43.0. The van der Waals surface area contributed by atoms with Crippen molar-refractivity contribution in [3.63, 3.8) is 0 Å². The van der Waals surface area contributed by atoms with Crippen LogP contribution in [0.3, 0.4) is 0 Å². The van der Waals surface area contributed by atoms with E-state index in [0.29, 0.717) is 18.1 Å². The molecule has 4 fully saturated rings. The number of hydrogen-bond acceptors (Lipinski definition) is 5. The third-order valence-corrected chi connectivity index (χ3v) is 7.14. The minimum atomic E-state index is -0.128. The molecule has 5 unspecified atom stereocenters. The van der Waals surface area contributed by atoms with Crippen molar-refractivity contribution in [3.8, 4) is 0 Å². The second-order valence-electron chi connectivity index (χ2n) is 8.73. The molecule has 148 valence electrons. The number of amides is 1. The summed E-state index contributed by atoms with van der Waals surface area (Å²) >= 11 is 0. The standard InChI is InChI=1S/C18H34N6O2/c1-23-8-2-3-14(23)18-21-17(22-26-18)13-4-7-20-15(11-13)24-9-5-12(6-10-24)16(19)25/h12-15,17-18,20-22H,2-11H2,1H3,(H2,19,25)/p+2/t13?,14-,15?,17?,18?/m0/s1. The van der Waals surface area contributed by atoms with Crippen LogP contribution >= 0.6 is 0 Å². The molecule has 6 atom stereocenters. The van der Waals surface area contributed by atoms with Crippen molar-refractivity contribution in [1.82, 2.24) is 15.7 Å². The van der Waals surface area contributed by atoms with Gasteiger partial charge in [0.1, 0.15) is 12.2 Å². The van der Waals surface area contributed by atoms with Crippen molar-refractivity contribution in [2.24, 2.45) is 17.6 Å². The Hall–Kier alpha value is -0.770. The van der Waals surface area contributed by atoms with Gasteiger partial charge in [-0.3, -0.25) is 19.8 Å². The van der Waals surface area contributed by atoms with Crippen molar-refractivity contribution >= 4 is 5.91 Å². The van der Waals surface area contributed by atoms with Gasteiger partial charge in [0.15, 0.2) is 6.23 Å². The highest BCUT2D eigenvalue weighted by molar-refractivity contribution is 5.76. The van der Waals surface area contributed by atoms with Gasteiger partial charge in [0.25, 0.3) is 0 Å². The van der Waals surface area contributed by atoms with Gasteiger partial charge in [0, 0.05) is 50.6 Å². The first-order chi connectivity index (χ1) is 12.6. The van der Waals surface area contributed by atoms with E-state index in [1.165, 1.54) is 25.8 Å². The maximum atomic E-state index is 11.4. The second-order valence-corrected chi connectivity index (χ2v) is 8.73. The number of quaternary nitrogens is 2. The minimum Gasteiger partial charge on any atom is -0.369 e. The van der Waals surface area contributed by atoms with Crippen LogP contribution in [0.25, 0.3) is 0 Å². The Bertz CT molecular complexity index is 498. The Morgan fingerprint density at radius 1 is 1.27 bits per heavy atom. The number of hydroxylamine groups is 1. The van der Waals surface area contributed by atoms with E-state index in [1.807, 2.05) is 0 Å². The first kappa shape index (κ1) is 18.6. The highest BCUT2D eigenvalue weighted by Gasteiger charge is 2.43. The lowest BCUT2D eigenvalue weighted by Crippen LogP contribution is -3.12. The van der Waals surface area contributed by atoms with Crippen molar-refractivity contribution in [2.45, 2.75) is 63.1 Å². The maximum absolute atomic E-state index is 11.4. The van der Waals surface area contributed by atoms with Crippen molar-refractivity contribution in [2.75, 3.05) is 33.2 Å². The van der Waals surface area contributed by atoms with Crippen LogP contribution in [-0.2, 0) is 9.63 Å². The minimum absolute atomic E-state index is 0.0730. The third kappa shape index (κ3) is 3.90. The number of nitrogens with two attached hydrogens (primary N) is 2. The quantitative estimate of drug-likeness (QED) is 0.363. The van der Waals surface area contributed by atoms with Gasteiger partial charge in [0.2, 0.25) is 5.91 Å². The molecular weight excluding hydrogens is 332 g/mol. The Balaban J connectivity index is 1.28. The molecule has 4 saturated heterocycles. The van der Waals surface area contributed by atoms with E-state index < -0.39 is 0 Å². The summed E-state index contributed by atoms with van der Waals surface area (Å²) in [5, 5.41) is 6.21. The predicted octanol–water partition coefficient (Wildman–Crippen LogP) is -3.06. The molecule has 7 N–H and O–H groups in total. The Morgan fingerprint density at radius 2 is 2.08 bits per heavy atom. The summed E-state index contributed by atoms with van der Waals surface area (Å²) in [6.45, 7) is 4.38. The van der Waals surface area contributed by atoms with Gasteiger partial charge in [-0.2, -0.15) is 5.48 Å². The van der Waals surface area contributed by atoms with Gasteiger partial charge < -0.3 is 16.0 Å². The van der Waals surface area contributed by atoms with Gasteiger partial charge in [-0.15, -0.1) is 0 Å². The highest BCUT2D eigenvalue weighted by atomic mass is 16.7. The summed E-state index contributed by atoms with van der Waals surface area (Å²) in [5.74, 6) is 0.533.